The van der Waals surface area contributed by atoms with E-state index in [1.807, 2.05) is 0 Å². The molecule has 0 radical (unpaired) electrons. The zero-order valence-electron chi connectivity index (χ0n) is 10.0. The second-order valence-corrected chi connectivity index (χ2v) is 6.26. The molecule has 9 nitrogen and oxygen atoms in total. The Morgan fingerprint density at radius 2 is 1.76 bits per heavy atom. The monoisotopic (exact) mass is 343 g/mol. The first-order valence-corrected chi connectivity index (χ1v) is 7.32. The predicted molar refractivity (Wildman–Crippen MR) is 78.2 cm³/mol. The van der Waals surface area contributed by atoms with E-state index in [-0.39, 0.29) is 76.7 Å². The Morgan fingerprint density at radius 3 is 2.10 bits per heavy atom. The summed E-state index contributed by atoms with van der Waals surface area (Å²) in [6.45, 7) is 0.420. The van der Waals surface area contributed by atoms with Crippen LogP contribution in [-0.2, 0) is 14.2 Å². The molecule has 4 N–H and O–H groups in total. The average molecular weight is 343 g/mol. The first kappa shape index (κ1) is 24.0. The van der Waals surface area contributed by atoms with Crippen LogP contribution in [0, 0.1) is 5.92 Å². The van der Waals surface area contributed by atoms with Crippen molar-refractivity contribution in [2.75, 3.05) is 32.3 Å². The summed E-state index contributed by atoms with van der Waals surface area (Å²) in [5, 5.41) is 17.7. The maximum absolute atomic E-state index is 10.9. The number of hydrogen-bond acceptors (Lipinski definition) is 4. The molecule has 0 aromatic carbocycles. The molecule has 21 heavy (non-hydrogen) atoms. The van der Waals surface area contributed by atoms with Crippen LogP contribution < -0.4 is 0 Å². The molecule has 1 rings (SSSR count). The number of hydrogen-bond donors (Lipinski definition) is 4. The summed E-state index contributed by atoms with van der Waals surface area (Å²) in [4.78, 5) is 43.4. The standard InChI is InChI=1S/C9H15N2O7P.2Na.2H/c12-8(13)7(9(14)15)5-11(2-1-10-6-11)3-4-19(16,17)18;;;;/h6-7H,1-5H2,(H3-,12,13,14,15,16,17,18);;;;/p+1. The zero-order valence-corrected chi connectivity index (χ0v) is 10.9. The van der Waals surface area contributed by atoms with Crippen molar-refractivity contribution in [2.24, 2.45) is 10.9 Å². The molecule has 112 valence electrons. The van der Waals surface area contributed by atoms with E-state index in [1.165, 1.54) is 6.34 Å². The Bertz CT molecular complexity index is 441. The van der Waals surface area contributed by atoms with E-state index >= 15 is 0 Å². The molecule has 0 spiro atoms. The number of carboxylic acid groups (broad SMARTS) is 2. The molecule has 1 atom stereocenters. The van der Waals surface area contributed by atoms with Gasteiger partial charge in [-0.25, -0.2) is 4.99 Å². The molecule has 0 aromatic heterocycles. The first-order valence-electron chi connectivity index (χ1n) is 5.52. The summed E-state index contributed by atoms with van der Waals surface area (Å²) in [7, 11) is -4.22. The van der Waals surface area contributed by atoms with Gasteiger partial charge in [0.25, 0.3) is 0 Å². The topological polar surface area (TPSA) is 144 Å². The molecule has 12 heteroatoms. The molecule has 0 fully saturated rings. The van der Waals surface area contributed by atoms with Gasteiger partial charge in [0.2, 0.25) is 5.92 Å². The van der Waals surface area contributed by atoms with Crippen molar-refractivity contribution < 1.29 is 38.6 Å². The fraction of sp³-hybridized carbons (Fsp3) is 0.667. The normalized spacial score (nSPS) is 20.7. The third-order valence-corrected chi connectivity index (χ3v) is 3.76. The summed E-state index contributed by atoms with van der Waals surface area (Å²) in [5.74, 6) is -4.57. The van der Waals surface area contributed by atoms with Gasteiger partial charge >= 0.3 is 78.6 Å². The average Bonchev–Trinajstić information content (AvgIpc) is 2.71. The second-order valence-electron chi connectivity index (χ2n) is 4.49. The Labute approximate surface area is 165 Å². The summed E-state index contributed by atoms with van der Waals surface area (Å²) >= 11 is 0. The molecular formula is C9H18N2Na2O7P+. The van der Waals surface area contributed by atoms with E-state index in [9.17, 15) is 14.2 Å². The number of carbonyl (C=O) groups is 2. The van der Waals surface area contributed by atoms with Gasteiger partial charge in [0.15, 0.2) is 6.34 Å². The second kappa shape index (κ2) is 9.77. The van der Waals surface area contributed by atoms with E-state index in [0.29, 0.717) is 13.1 Å². The molecule has 0 aliphatic carbocycles. The van der Waals surface area contributed by atoms with Gasteiger partial charge in [-0.15, -0.1) is 0 Å². The van der Waals surface area contributed by atoms with Gasteiger partial charge in [0, 0.05) is 0 Å². The van der Waals surface area contributed by atoms with Gasteiger partial charge in [-0.2, -0.15) is 0 Å². The Kier molecular flexibility index (Phi) is 11.2. The van der Waals surface area contributed by atoms with Gasteiger partial charge in [-0.3, -0.25) is 18.6 Å². The molecule has 1 aliphatic rings. The summed E-state index contributed by atoms with van der Waals surface area (Å²) in [5.41, 5.74) is 0. The van der Waals surface area contributed by atoms with Gasteiger partial charge in [0.05, 0.1) is 19.3 Å². The Hall–Kier alpha value is 0.720. The molecule has 1 aliphatic heterocycles. The van der Waals surface area contributed by atoms with Crippen LogP contribution in [0.15, 0.2) is 4.99 Å². The van der Waals surface area contributed by atoms with Crippen molar-refractivity contribution in [1.29, 1.82) is 0 Å². The van der Waals surface area contributed by atoms with Crippen LogP contribution in [0.1, 0.15) is 0 Å². The SMILES string of the molecule is O=C(O)C(C[N+]1(CCP(=O)(O)O)C=NCC1)C(=O)O.[NaH].[NaH]. The van der Waals surface area contributed by atoms with Crippen LogP contribution in [0.5, 0.6) is 0 Å². The van der Waals surface area contributed by atoms with Crippen LogP contribution in [0.2, 0.25) is 0 Å². The number of aliphatic imine (C=N–C) groups is 1. The number of aliphatic carboxylic acids is 2. The first-order chi connectivity index (χ1) is 8.65. The molecule has 0 amide bonds. The molecular weight excluding hydrogens is 325 g/mol. The van der Waals surface area contributed by atoms with Crippen molar-refractivity contribution in [3.63, 3.8) is 0 Å². The summed E-state index contributed by atoms with van der Waals surface area (Å²) in [6, 6.07) is 0. The van der Waals surface area contributed by atoms with E-state index in [2.05, 4.69) is 4.99 Å². The fourth-order valence-electron chi connectivity index (χ4n) is 1.90. The molecule has 0 bridgehead atoms. The number of nitrogens with zero attached hydrogens (tertiary/aromatic N) is 2. The third kappa shape index (κ3) is 8.22. The van der Waals surface area contributed by atoms with Gasteiger partial charge < -0.3 is 20.0 Å². The van der Waals surface area contributed by atoms with Crippen LogP contribution in [0.3, 0.4) is 0 Å². The molecule has 1 unspecified atom stereocenters. The zero-order chi connectivity index (χ0) is 14.7. The van der Waals surface area contributed by atoms with Crippen molar-refractivity contribution >= 4 is 85.0 Å². The van der Waals surface area contributed by atoms with E-state index in [0.717, 1.165) is 0 Å². The van der Waals surface area contributed by atoms with E-state index in [1.54, 1.807) is 0 Å². The van der Waals surface area contributed by atoms with Crippen molar-refractivity contribution in [1.82, 2.24) is 0 Å². The van der Waals surface area contributed by atoms with Gasteiger partial charge in [-0.05, 0) is 0 Å². The van der Waals surface area contributed by atoms with Gasteiger partial charge in [0.1, 0.15) is 13.1 Å². The van der Waals surface area contributed by atoms with Crippen LogP contribution in [0.4, 0.5) is 0 Å². The third-order valence-electron chi connectivity index (χ3n) is 2.98. The van der Waals surface area contributed by atoms with Gasteiger partial charge in [-0.1, -0.05) is 0 Å². The van der Waals surface area contributed by atoms with E-state index < -0.39 is 31.6 Å². The van der Waals surface area contributed by atoms with Crippen molar-refractivity contribution in [2.45, 2.75) is 0 Å². The minimum absolute atomic E-state index is 0. The molecule has 0 saturated carbocycles. The maximum atomic E-state index is 10.9. The number of rotatable bonds is 7. The van der Waals surface area contributed by atoms with Crippen LogP contribution in [0.25, 0.3) is 0 Å². The predicted octanol–water partition coefficient (Wildman–Crippen LogP) is -2.49. The van der Waals surface area contributed by atoms with E-state index in [4.69, 9.17) is 20.0 Å². The number of quaternary nitrogens is 1. The van der Waals surface area contributed by atoms with Crippen LogP contribution >= 0.6 is 7.60 Å². The molecule has 1 heterocycles. The summed E-state index contributed by atoms with van der Waals surface area (Å²) < 4.78 is 10.8. The van der Waals surface area contributed by atoms with Crippen molar-refractivity contribution in [3.8, 4) is 0 Å². The van der Waals surface area contributed by atoms with Crippen molar-refractivity contribution in [3.05, 3.63) is 0 Å². The minimum atomic E-state index is -4.22. The fourth-order valence-corrected chi connectivity index (χ4v) is 2.56. The molecule has 0 saturated heterocycles. The Morgan fingerprint density at radius 1 is 1.24 bits per heavy atom. The number of carboxylic acids is 2. The quantitative estimate of drug-likeness (QED) is 0.173. The molecule has 0 aromatic rings. The van der Waals surface area contributed by atoms with Crippen LogP contribution in [-0.4, -0.2) is 134 Å². The Balaban J connectivity index is 0. The summed E-state index contributed by atoms with van der Waals surface area (Å²) in [6.07, 6.45) is 0.944.